The lowest BCUT2D eigenvalue weighted by atomic mass is 9.80. The van der Waals surface area contributed by atoms with Crippen molar-refractivity contribution in [3.63, 3.8) is 0 Å². The summed E-state index contributed by atoms with van der Waals surface area (Å²) in [7, 11) is 0. The van der Waals surface area contributed by atoms with Crippen LogP contribution in [0.5, 0.6) is 0 Å². The van der Waals surface area contributed by atoms with Gasteiger partial charge in [0.25, 0.3) is 0 Å². The van der Waals surface area contributed by atoms with Gasteiger partial charge < -0.3 is 5.73 Å². The van der Waals surface area contributed by atoms with Crippen LogP contribution in [0.3, 0.4) is 0 Å². The van der Waals surface area contributed by atoms with Gasteiger partial charge in [-0.25, -0.2) is 0 Å². The number of nitrogens with two attached hydrogens (primary N) is 1. The van der Waals surface area contributed by atoms with E-state index in [0.717, 1.165) is 5.92 Å². The molecule has 0 spiro atoms. The molecule has 0 aromatic heterocycles. The zero-order valence-electron chi connectivity index (χ0n) is 10.1. The fraction of sp³-hybridized carbons (Fsp3) is 0.600. The van der Waals surface area contributed by atoms with Gasteiger partial charge in [0.2, 0.25) is 0 Å². The van der Waals surface area contributed by atoms with E-state index in [1.807, 2.05) is 0 Å². The normalized spacial score (nSPS) is 18.1. The molecule has 2 N–H and O–H groups in total. The van der Waals surface area contributed by atoms with Crippen molar-refractivity contribution in [2.75, 3.05) is 0 Å². The molecular formula is C15H23N. The van der Waals surface area contributed by atoms with Crippen molar-refractivity contribution in [1.82, 2.24) is 0 Å². The summed E-state index contributed by atoms with van der Waals surface area (Å²) in [5.41, 5.74) is 7.59. The maximum absolute atomic E-state index is 6.15. The minimum absolute atomic E-state index is 0.439. The van der Waals surface area contributed by atoms with Gasteiger partial charge >= 0.3 is 0 Å². The SMILES string of the molecule is NC(CCCc1ccccc1)CC1CCC1. The number of aryl methyl sites for hydroxylation is 1. The van der Waals surface area contributed by atoms with E-state index in [4.69, 9.17) is 5.73 Å². The Morgan fingerprint density at radius 3 is 2.56 bits per heavy atom. The van der Waals surface area contributed by atoms with Crippen molar-refractivity contribution >= 4 is 0 Å². The number of rotatable bonds is 6. The fourth-order valence-corrected chi connectivity index (χ4v) is 2.49. The van der Waals surface area contributed by atoms with Crippen LogP contribution in [0, 0.1) is 5.92 Å². The van der Waals surface area contributed by atoms with Gasteiger partial charge in [-0.05, 0) is 37.2 Å². The first kappa shape index (κ1) is 11.7. The lowest BCUT2D eigenvalue weighted by molar-refractivity contribution is 0.271. The Kier molecular flexibility index (Phi) is 4.41. The summed E-state index contributed by atoms with van der Waals surface area (Å²) in [6.45, 7) is 0. The molecule has 1 heteroatoms. The average Bonchev–Trinajstić information content (AvgIpc) is 2.25. The Morgan fingerprint density at radius 2 is 1.94 bits per heavy atom. The Balaban J connectivity index is 1.60. The van der Waals surface area contributed by atoms with Gasteiger partial charge in [-0.3, -0.25) is 0 Å². The van der Waals surface area contributed by atoms with Crippen molar-refractivity contribution in [3.8, 4) is 0 Å². The summed E-state index contributed by atoms with van der Waals surface area (Å²) in [6, 6.07) is 11.2. The number of benzene rings is 1. The smallest absolute Gasteiger partial charge is 0.00415 e. The second kappa shape index (κ2) is 6.05. The summed E-state index contributed by atoms with van der Waals surface area (Å²) in [6.07, 6.45) is 9.14. The molecule has 0 amide bonds. The molecule has 0 aliphatic heterocycles. The molecule has 1 aromatic carbocycles. The average molecular weight is 217 g/mol. The van der Waals surface area contributed by atoms with Crippen LogP contribution < -0.4 is 5.73 Å². The summed E-state index contributed by atoms with van der Waals surface area (Å²) in [4.78, 5) is 0. The van der Waals surface area contributed by atoms with E-state index in [2.05, 4.69) is 30.3 Å². The predicted octanol–water partition coefficient (Wildman–Crippen LogP) is 3.53. The van der Waals surface area contributed by atoms with Gasteiger partial charge in [0.1, 0.15) is 0 Å². The molecule has 88 valence electrons. The van der Waals surface area contributed by atoms with Crippen LogP contribution in [0.15, 0.2) is 30.3 Å². The summed E-state index contributed by atoms with van der Waals surface area (Å²) < 4.78 is 0. The quantitative estimate of drug-likeness (QED) is 0.775. The molecule has 1 unspecified atom stereocenters. The largest absolute Gasteiger partial charge is 0.328 e. The van der Waals surface area contributed by atoms with Gasteiger partial charge in [-0.2, -0.15) is 0 Å². The molecule has 16 heavy (non-hydrogen) atoms. The first-order valence-corrected chi connectivity index (χ1v) is 6.64. The maximum Gasteiger partial charge on any atom is 0.00415 e. The van der Waals surface area contributed by atoms with Crippen molar-refractivity contribution in [1.29, 1.82) is 0 Å². The van der Waals surface area contributed by atoms with Crippen molar-refractivity contribution in [3.05, 3.63) is 35.9 Å². The first-order valence-electron chi connectivity index (χ1n) is 6.64. The fourth-order valence-electron chi connectivity index (χ4n) is 2.49. The van der Waals surface area contributed by atoms with E-state index in [1.165, 1.54) is 50.5 Å². The summed E-state index contributed by atoms with van der Waals surface area (Å²) >= 11 is 0. The minimum atomic E-state index is 0.439. The van der Waals surface area contributed by atoms with Gasteiger partial charge in [0.15, 0.2) is 0 Å². The van der Waals surface area contributed by atoms with Crippen LogP contribution >= 0.6 is 0 Å². The Morgan fingerprint density at radius 1 is 1.19 bits per heavy atom. The first-order chi connectivity index (χ1) is 7.84. The molecule has 1 aliphatic rings. The van der Waals surface area contributed by atoms with E-state index < -0.39 is 0 Å². The number of hydrogen-bond acceptors (Lipinski definition) is 1. The molecular weight excluding hydrogens is 194 g/mol. The third kappa shape index (κ3) is 3.64. The molecule has 1 fully saturated rings. The van der Waals surface area contributed by atoms with Gasteiger partial charge in [-0.15, -0.1) is 0 Å². The van der Waals surface area contributed by atoms with Crippen LogP contribution in [0.4, 0.5) is 0 Å². The van der Waals surface area contributed by atoms with Gasteiger partial charge in [-0.1, -0.05) is 49.6 Å². The highest BCUT2D eigenvalue weighted by Crippen LogP contribution is 2.30. The van der Waals surface area contributed by atoms with Crippen molar-refractivity contribution in [2.45, 2.75) is 51.0 Å². The third-order valence-corrected chi connectivity index (χ3v) is 3.74. The highest BCUT2D eigenvalue weighted by molar-refractivity contribution is 5.14. The molecule has 0 saturated heterocycles. The zero-order valence-corrected chi connectivity index (χ0v) is 10.1. The standard InChI is InChI=1S/C15H23N/c16-15(12-14-9-4-10-14)11-5-8-13-6-2-1-3-7-13/h1-3,6-7,14-15H,4-5,8-12,16H2. The summed E-state index contributed by atoms with van der Waals surface area (Å²) in [5, 5.41) is 0. The van der Waals surface area contributed by atoms with E-state index >= 15 is 0 Å². The van der Waals surface area contributed by atoms with Gasteiger partial charge in [0, 0.05) is 6.04 Å². The maximum atomic E-state index is 6.15. The summed E-state index contributed by atoms with van der Waals surface area (Å²) in [5.74, 6) is 0.951. The number of hydrogen-bond donors (Lipinski definition) is 1. The van der Waals surface area contributed by atoms with E-state index in [9.17, 15) is 0 Å². The molecule has 1 aliphatic carbocycles. The van der Waals surface area contributed by atoms with E-state index in [1.54, 1.807) is 0 Å². The minimum Gasteiger partial charge on any atom is -0.328 e. The van der Waals surface area contributed by atoms with Crippen LogP contribution in [-0.4, -0.2) is 6.04 Å². The molecule has 0 heterocycles. The molecule has 0 radical (unpaired) electrons. The highest BCUT2D eigenvalue weighted by Gasteiger charge is 2.19. The van der Waals surface area contributed by atoms with Crippen LogP contribution in [0.2, 0.25) is 0 Å². The van der Waals surface area contributed by atoms with Crippen LogP contribution in [0.25, 0.3) is 0 Å². The van der Waals surface area contributed by atoms with Crippen LogP contribution in [-0.2, 0) is 6.42 Å². The van der Waals surface area contributed by atoms with E-state index in [-0.39, 0.29) is 0 Å². The monoisotopic (exact) mass is 217 g/mol. The molecule has 1 nitrogen and oxygen atoms in total. The third-order valence-electron chi connectivity index (χ3n) is 3.74. The Hall–Kier alpha value is -0.820. The lowest BCUT2D eigenvalue weighted by Gasteiger charge is -2.28. The van der Waals surface area contributed by atoms with Crippen molar-refractivity contribution < 1.29 is 0 Å². The molecule has 1 saturated carbocycles. The molecule has 1 atom stereocenters. The lowest BCUT2D eigenvalue weighted by Crippen LogP contribution is -2.26. The Labute approximate surface area is 99.0 Å². The van der Waals surface area contributed by atoms with Crippen LogP contribution in [0.1, 0.15) is 44.1 Å². The molecule has 2 rings (SSSR count). The van der Waals surface area contributed by atoms with E-state index in [0.29, 0.717) is 6.04 Å². The zero-order chi connectivity index (χ0) is 11.2. The molecule has 1 aromatic rings. The van der Waals surface area contributed by atoms with Crippen molar-refractivity contribution in [2.24, 2.45) is 11.7 Å². The second-order valence-corrected chi connectivity index (χ2v) is 5.17. The topological polar surface area (TPSA) is 26.0 Å². The molecule has 0 bridgehead atoms. The van der Waals surface area contributed by atoms with Gasteiger partial charge in [0.05, 0.1) is 0 Å². The second-order valence-electron chi connectivity index (χ2n) is 5.17. The highest BCUT2D eigenvalue weighted by atomic mass is 14.6. The Bertz CT molecular complexity index is 290. The predicted molar refractivity (Wildman–Crippen MR) is 69.3 cm³/mol.